The first kappa shape index (κ1) is 9.01. The molecule has 1 unspecified atom stereocenters. The van der Waals surface area contributed by atoms with Gasteiger partial charge >= 0.3 is 0 Å². The maximum Gasteiger partial charge on any atom is 0.0448 e. The van der Waals surface area contributed by atoms with Crippen molar-refractivity contribution < 1.29 is 5.11 Å². The zero-order valence-corrected chi connectivity index (χ0v) is 7.56. The molecule has 0 aromatic carbocycles. The zero-order chi connectivity index (χ0) is 8.54. The Kier molecular flexibility index (Phi) is 2.26. The van der Waals surface area contributed by atoms with E-state index < -0.39 is 0 Å². The highest BCUT2D eigenvalue weighted by Crippen LogP contribution is 2.45. The van der Waals surface area contributed by atoms with E-state index in [9.17, 15) is 0 Å². The SMILES string of the molecule is CC1(C)CCCC1(N)CCO. The molecule has 11 heavy (non-hydrogen) atoms. The summed E-state index contributed by atoms with van der Waals surface area (Å²) in [6, 6.07) is 0. The molecule has 1 aliphatic carbocycles. The van der Waals surface area contributed by atoms with E-state index in [4.69, 9.17) is 10.8 Å². The van der Waals surface area contributed by atoms with Gasteiger partial charge in [0, 0.05) is 12.1 Å². The average molecular weight is 157 g/mol. The standard InChI is InChI=1S/C9H19NO/c1-8(2)4-3-5-9(8,10)6-7-11/h11H,3-7,10H2,1-2H3. The molecule has 0 spiro atoms. The highest BCUT2D eigenvalue weighted by Gasteiger charge is 2.44. The molecule has 1 fully saturated rings. The molecule has 66 valence electrons. The second kappa shape index (κ2) is 2.76. The Labute approximate surface area is 68.8 Å². The molecule has 0 bridgehead atoms. The molecular weight excluding hydrogens is 138 g/mol. The Morgan fingerprint density at radius 2 is 2.00 bits per heavy atom. The number of hydrogen-bond acceptors (Lipinski definition) is 2. The molecule has 0 heterocycles. The predicted molar refractivity (Wildman–Crippen MR) is 46.3 cm³/mol. The van der Waals surface area contributed by atoms with Crippen molar-refractivity contribution in [2.24, 2.45) is 11.1 Å². The van der Waals surface area contributed by atoms with Gasteiger partial charge in [-0.05, 0) is 24.7 Å². The van der Waals surface area contributed by atoms with Gasteiger partial charge in [0.1, 0.15) is 0 Å². The molecule has 2 nitrogen and oxygen atoms in total. The van der Waals surface area contributed by atoms with Crippen LogP contribution in [0.4, 0.5) is 0 Å². The summed E-state index contributed by atoms with van der Waals surface area (Å²) in [6.07, 6.45) is 4.23. The minimum Gasteiger partial charge on any atom is -0.396 e. The van der Waals surface area contributed by atoms with Crippen LogP contribution in [-0.2, 0) is 0 Å². The first-order valence-corrected chi connectivity index (χ1v) is 4.42. The van der Waals surface area contributed by atoms with Crippen LogP contribution in [0.5, 0.6) is 0 Å². The van der Waals surface area contributed by atoms with Gasteiger partial charge < -0.3 is 10.8 Å². The average Bonchev–Trinajstić information content (AvgIpc) is 2.09. The summed E-state index contributed by atoms with van der Waals surface area (Å²) < 4.78 is 0. The molecule has 0 aliphatic heterocycles. The van der Waals surface area contributed by atoms with Gasteiger partial charge in [0.15, 0.2) is 0 Å². The Balaban J connectivity index is 2.68. The Bertz CT molecular complexity index is 144. The van der Waals surface area contributed by atoms with Crippen molar-refractivity contribution in [1.29, 1.82) is 0 Å². The maximum absolute atomic E-state index is 8.84. The first-order valence-electron chi connectivity index (χ1n) is 4.42. The lowest BCUT2D eigenvalue weighted by molar-refractivity contribution is 0.152. The summed E-state index contributed by atoms with van der Waals surface area (Å²) in [4.78, 5) is 0. The summed E-state index contributed by atoms with van der Waals surface area (Å²) in [5.74, 6) is 0. The van der Waals surface area contributed by atoms with Crippen LogP contribution in [0.3, 0.4) is 0 Å². The van der Waals surface area contributed by atoms with Crippen molar-refractivity contribution in [2.75, 3.05) is 6.61 Å². The Morgan fingerprint density at radius 3 is 2.36 bits per heavy atom. The van der Waals surface area contributed by atoms with Crippen LogP contribution < -0.4 is 5.73 Å². The highest BCUT2D eigenvalue weighted by molar-refractivity contribution is 5.02. The summed E-state index contributed by atoms with van der Waals surface area (Å²) >= 11 is 0. The zero-order valence-electron chi connectivity index (χ0n) is 7.56. The second-order valence-corrected chi connectivity index (χ2v) is 4.37. The third kappa shape index (κ3) is 1.42. The molecule has 2 heteroatoms. The molecular formula is C9H19NO. The largest absolute Gasteiger partial charge is 0.396 e. The Morgan fingerprint density at radius 1 is 1.36 bits per heavy atom. The van der Waals surface area contributed by atoms with Crippen molar-refractivity contribution in [1.82, 2.24) is 0 Å². The minimum atomic E-state index is -0.109. The number of hydrogen-bond donors (Lipinski definition) is 2. The smallest absolute Gasteiger partial charge is 0.0448 e. The maximum atomic E-state index is 8.84. The Hall–Kier alpha value is -0.0800. The number of aliphatic hydroxyl groups is 1. The highest BCUT2D eigenvalue weighted by atomic mass is 16.3. The molecule has 0 radical (unpaired) electrons. The predicted octanol–water partition coefficient (Wildman–Crippen LogP) is 1.28. The minimum absolute atomic E-state index is 0.109. The van der Waals surface area contributed by atoms with Crippen molar-refractivity contribution in [3.63, 3.8) is 0 Å². The molecule has 1 atom stereocenters. The first-order chi connectivity index (χ1) is 5.02. The third-order valence-corrected chi connectivity index (χ3v) is 3.33. The van der Waals surface area contributed by atoms with Gasteiger partial charge in [0.2, 0.25) is 0 Å². The van der Waals surface area contributed by atoms with Crippen molar-refractivity contribution >= 4 is 0 Å². The van der Waals surface area contributed by atoms with Gasteiger partial charge in [-0.25, -0.2) is 0 Å². The molecule has 1 aliphatic rings. The fraction of sp³-hybridized carbons (Fsp3) is 1.00. The van der Waals surface area contributed by atoms with Gasteiger partial charge in [0.25, 0.3) is 0 Å². The van der Waals surface area contributed by atoms with Crippen LogP contribution >= 0.6 is 0 Å². The van der Waals surface area contributed by atoms with E-state index in [1.165, 1.54) is 12.8 Å². The number of nitrogens with two attached hydrogens (primary N) is 1. The lowest BCUT2D eigenvalue weighted by Gasteiger charge is -2.37. The van der Waals surface area contributed by atoms with Crippen molar-refractivity contribution in [2.45, 2.75) is 45.1 Å². The second-order valence-electron chi connectivity index (χ2n) is 4.37. The fourth-order valence-electron chi connectivity index (χ4n) is 2.10. The van der Waals surface area contributed by atoms with E-state index in [-0.39, 0.29) is 17.6 Å². The van der Waals surface area contributed by atoms with Crippen molar-refractivity contribution in [3.05, 3.63) is 0 Å². The van der Waals surface area contributed by atoms with Gasteiger partial charge in [0.05, 0.1) is 0 Å². The van der Waals surface area contributed by atoms with E-state index in [0.29, 0.717) is 0 Å². The van der Waals surface area contributed by atoms with Gasteiger partial charge in [-0.2, -0.15) is 0 Å². The quantitative estimate of drug-likeness (QED) is 0.634. The van der Waals surface area contributed by atoms with Gasteiger partial charge in [-0.3, -0.25) is 0 Å². The topological polar surface area (TPSA) is 46.2 Å². The monoisotopic (exact) mass is 157 g/mol. The molecule has 1 rings (SSSR count). The molecule has 3 N–H and O–H groups in total. The summed E-state index contributed by atoms with van der Waals surface area (Å²) in [5.41, 5.74) is 6.30. The number of aliphatic hydroxyl groups excluding tert-OH is 1. The van der Waals surface area contributed by atoms with Crippen molar-refractivity contribution in [3.8, 4) is 0 Å². The lowest BCUT2D eigenvalue weighted by atomic mass is 9.74. The van der Waals surface area contributed by atoms with Crippen LogP contribution in [0.1, 0.15) is 39.5 Å². The van der Waals surface area contributed by atoms with Gasteiger partial charge in [-0.1, -0.05) is 20.3 Å². The van der Waals surface area contributed by atoms with Crippen LogP contribution in [-0.4, -0.2) is 17.3 Å². The lowest BCUT2D eigenvalue weighted by Crippen LogP contribution is -2.49. The molecule has 0 aromatic heterocycles. The normalized spacial score (nSPS) is 36.0. The summed E-state index contributed by atoms with van der Waals surface area (Å²) in [7, 11) is 0. The van der Waals surface area contributed by atoms with E-state index in [0.717, 1.165) is 12.8 Å². The number of rotatable bonds is 2. The molecule has 0 saturated heterocycles. The van der Waals surface area contributed by atoms with E-state index in [1.54, 1.807) is 0 Å². The van der Waals surface area contributed by atoms with E-state index in [2.05, 4.69) is 13.8 Å². The molecule has 0 aromatic rings. The molecule has 0 amide bonds. The van der Waals surface area contributed by atoms with Crippen LogP contribution in [0, 0.1) is 5.41 Å². The van der Waals surface area contributed by atoms with E-state index >= 15 is 0 Å². The van der Waals surface area contributed by atoms with Gasteiger partial charge in [-0.15, -0.1) is 0 Å². The summed E-state index contributed by atoms with van der Waals surface area (Å²) in [6.45, 7) is 4.63. The van der Waals surface area contributed by atoms with Crippen LogP contribution in [0.25, 0.3) is 0 Å². The van der Waals surface area contributed by atoms with E-state index in [1.807, 2.05) is 0 Å². The summed E-state index contributed by atoms with van der Waals surface area (Å²) in [5, 5.41) is 8.84. The molecule has 1 saturated carbocycles. The van der Waals surface area contributed by atoms with Crippen LogP contribution in [0.15, 0.2) is 0 Å². The fourth-order valence-corrected chi connectivity index (χ4v) is 2.10. The van der Waals surface area contributed by atoms with Crippen LogP contribution in [0.2, 0.25) is 0 Å². The third-order valence-electron chi connectivity index (χ3n) is 3.33.